The van der Waals surface area contributed by atoms with Gasteiger partial charge in [0.1, 0.15) is 5.76 Å². The Kier molecular flexibility index (Phi) is 4.13. The van der Waals surface area contributed by atoms with Crippen LogP contribution in [0, 0.1) is 13.8 Å². The molecule has 1 spiro atoms. The first kappa shape index (κ1) is 14.1. The number of hydrogen-bond acceptors (Lipinski definition) is 4. The quantitative estimate of drug-likeness (QED) is 0.918. The average Bonchev–Trinajstić information content (AvgIpc) is 2.96. The van der Waals surface area contributed by atoms with Gasteiger partial charge in [0, 0.05) is 6.54 Å². The summed E-state index contributed by atoms with van der Waals surface area (Å²) in [6, 6.07) is 0. The molecule has 1 atom stereocenters. The van der Waals surface area contributed by atoms with E-state index in [4.69, 9.17) is 9.15 Å². The summed E-state index contributed by atoms with van der Waals surface area (Å²) < 4.78 is 11.9. The average molecular weight is 278 g/mol. The van der Waals surface area contributed by atoms with Crippen molar-refractivity contribution in [1.29, 1.82) is 0 Å². The van der Waals surface area contributed by atoms with Crippen LogP contribution in [0.4, 0.5) is 0 Å². The van der Waals surface area contributed by atoms with E-state index in [0.29, 0.717) is 12.6 Å². The number of ether oxygens (including phenoxy) is 1. The van der Waals surface area contributed by atoms with E-state index in [1.54, 1.807) is 0 Å². The van der Waals surface area contributed by atoms with Gasteiger partial charge in [-0.25, -0.2) is 4.98 Å². The molecule has 0 bridgehead atoms. The van der Waals surface area contributed by atoms with Gasteiger partial charge < -0.3 is 14.5 Å². The Balaban J connectivity index is 1.43. The van der Waals surface area contributed by atoms with E-state index >= 15 is 0 Å². The van der Waals surface area contributed by atoms with Crippen LogP contribution in [0.3, 0.4) is 0 Å². The van der Waals surface area contributed by atoms with Gasteiger partial charge in [-0.3, -0.25) is 0 Å². The lowest BCUT2D eigenvalue weighted by atomic mass is 9.83. The first-order valence-electron chi connectivity index (χ1n) is 7.98. The normalized spacial score (nSPS) is 25.4. The molecule has 1 aliphatic heterocycles. The number of hydrogen-bond donors (Lipinski definition) is 1. The van der Waals surface area contributed by atoms with Crippen LogP contribution in [0.5, 0.6) is 0 Å². The second-order valence-corrected chi connectivity index (χ2v) is 6.40. The number of nitrogens with one attached hydrogen (secondary N) is 1. The highest BCUT2D eigenvalue weighted by atomic mass is 16.5. The lowest BCUT2D eigenvalue weighted by Gasteiger charge is -2.33. The number of nitrogens with zero attached hydrogens (tertiary/aromatic N) is 1. The standard InChI is InChI=1S/C16H26N2O2/c1-12-13(2)19-15(18-12)11-17-10-14-6-9-16(20-14)7-4-3-5-8-16/h14,17H,3-11H2,1-2H3. The largest absolute Gasteiger partial charge is 0.444 e. The van der Waals surface area contributed by atoms with Crippen LogP contribution >= 0.6 is 0 Å². The van der Waals surface area contributed by atoms with E-state index in [1.807, 2.05) is 13.8 Å². The van der Waals surface area contributed by atoms with Gasteiger partial charge in [0.2, 0.25) is 5.89 Å². The summed E-state index contributed by atoms with van der Waals surface area (Å²) in [5.74, 6) is 1.70. The Hall–Kier alpha value is -0.870. The zero-order valence-electron chi connectivity index (χ0n) is 12.7. The molecule has 1 N–H and O–H groups in total. The molecule has 4 heteroatoms. The first-order chi connectivity index (χ1) is 9.67. The van der Waals surface area contributed by atoms with E-state index < -0.39 is 0 Å². The summed E-state index contributed by atoms with van der Waals surface area (Å²) >= 11 is 0. The molecule has 2 heterocycles. The third-order valence-electron chi connectivity index (χ3n) is 4.82. The number of aromatic nitrogens is 1. The minimum Gasteiger partial charge on any atom is -0.444 e. The van der Waals surface area contributed by atoms with E-state index in [1.165, 1.54) is 44.9 Å². The Bertz CT molecular complexity index is 430. The number of aryl methyl sites for hydroxylation is 2. The molecule has 2 fully saturated rings. The fourth-order valence-corrected chi connectivity index (χ4v) is 3.56. The molecular weight excluding hydrogens is 252 g/mol. The fourth-order valence-electron chi connectivity index (χ4n) is 3.56. The number of oxazole rings is 1. The first-order valence-corrected chi connectivity index (χ1v) is 7.98. The van der Waals surface area contributed by atoms with Crippen molar-refractivity contribution < 1.29 is 9.15 Å². The van der Waals surface area contributed by atoms with Crippen LogP contribution in [0.25, 0.3) is 0 Å². The maximum Gasteiger partial charge on any atom is 0.208 e. The van der Waals surface area contributed by atoms with E-state index in [9.17, 15) is 0 Å². The van der Waals surface area contributed by atoms with Gasteiger partial charge in [0.05, 0.1) is 23.9 Å². The maximum absolute atomic E-state index is 6.34. The fraction of sp³-hybridized carbons (Fsp3) is 0.812. The molecule has 3 rings (SSSR count). The summed E-state index contributed by atoms with van der Waals surface area (Å²) in [6.45, 7) is 5.54. The molecular formula is C16H26N2O2. The molecule has 2 aliphatic rings. The van der Waals surface area contributed by atoms with Crippen LogP contribution in [-0.2, 0) is 11.3 Å². The summed E-state index contributed by atoms with van der Waals surface area (Å²) in [7, 11) is 0. The zero-order chi connectivity index (χ0) is 14.0. The van der Waals surface area contributed by atoms with Gasteiger partial charge in [-0.2, -0.15) is 0 Å². The van der Waals surface area contributed by atoms with Gasteiger partial charge in [-0.15, -0.1) is 0 Å². The number of rotatable bonds is 4. The topological polar surface area (TPSA) is 47.3 Å². The van der Waals surface area contributed by atoms with Gasteiger partial charge in [-0.05, 0) is 39.5 Å². The van der Waals surface area contributed by atoms with Gasteiger partial charge in [0.25, 0.3) is 0 Å². The lowest BCUT2D eigenvalue weighted by molar-refractivity contribution is -0.0625. The summed E-state index contributed by atoms with van der Waals surface area (Å²) in [6.07, 6.45) is 9.41. The van der Waals surface area contributed by atoms with E-state index in [0.717, 1.165) is 23.9 Å². The van der Waals surface area contributed by atoms with Crippen molar-refractivity contribution in [2.24, 2.45) is 0 Å². The van der Waals surface area contributed by atoms with Crippen LogP contribution in [0.2, 0.25) is 0 Å². The van der Waals surface area contributed by atoms with Gasteiger partial charge in [0.15, 0.2) is 0 Å². The lowest BCUT2D eigenvalue weighted by Crippen LogP contribution is -2.34. The minimum atomic E-state index is 0.223. The Morgan fingerprint density at radius 1 is 1.20 bits per heavy atom. The molecule has 20 heavy (non-hydrogen) atoms. The molecule has 112 valence electrons. The SMILES string of the molecule is Cc1nc(CNCC2CCC3(CCCCC3)O2)oc1C. The third-order valence-corrected chi connectivity index (χ3v) is 4.82. The van der Waals surface area contributed by atoms with Crippen LogP contribution < -0.4 is 5.32 Å². The second kappa shape index (κ2) is 5.86. The van der Waals surface area contributed by atoms with Crippen molar-refractivity contribution >= 4 is 0 Å². The predicted octanol–water partition coefficient (Wildman–Crippen LogP) is 3.26. The van der Waals surface area contributed by atoms with Crippen molar-refractivity contribution in [3.05, 3.63) is 17.3 Å². The van der Waals surface area contributed by atoms with Crippen molar-refractivity contribution in [3.63, 3.8) is 0 Å². The minimum absolute atomic E-state index is 0.223. The highest BCUT2D eigenvalue weighted by Gasteiger charge is 2.40. The third kappa shape index (κ3) is 3.07. The zero-order valence-corrected chi connectivity index (χ0v) is 12.7. The molecule has 0 aromatic carbocycles. The summed E-state index contributed by atoms with van der Waals surface area (Å²) in [5, 5.41) is 3.42. The predicted molar refractivity (Wildman–Crippen MR) is 77.6 cm³/mol. The molecule has 4 nitrogen and oxygen atoms in total. The molecule has 1 unspecified atom stereocenters. The molecule has 0 amide bonds. The second-order valence-electron chi connectivity index (χ2n) is 6.40. The van der Waals surface area contributed by atoms with E-state index in [-0.39, 0.29) is 5.60 Å². The van der Waals surface area contributed by atoms with E-state index in [2.05, 4.69) is 10.3 Å². The van der Waals surface area contributed by atoms with Crippen molar-refractivity contribution in [2.75, 3.05) is 6.54 Å². The van der Waals surface area contributed by atoms with Gasteiger partial charge >= 0.3 is 0 Å². The molecule has 0 radical (unpaired) electrons. The Morgan fingerprint density at radius 3 is 2.70 bits per heavy atom. The maximum atomic E-state index is 6.34. The van der Waals surface area contributed by atoms with Crippen molar-refractivity contribution in [3.8, 4) is 0 Å². The Labute approximate surface area is 121 Å². The Morgan fingerprint density at radius 2 is 2.00 bits per heavy atom. The smallest absolute Gasteiger partial charge is 0.208 e. The summed E-state index contributed by atoms with van der Waals surface area (Å²) in [5.41, 5.74) is 1.21. The van der Waals surface area contributed by atoms with Crippen LogP contribution in [-0.4, -0.2) is 23.2 Å². The van der Waals surface area contributed by atoms with Gasteiger partial charge in [-0.1, -0.05) is 19.3 Å². The van der Waals surface area contributed by atoms with Crippen molar-refractivity contribution in [1.82, 2.24) is 10.3 Å². The summed E-state index contributed by atoms with van der Waals surface area (Å²) in [4.78, 5) is 4.39. The van der Waals surface area contributed by atoms with Crippen LogP contribution in [0.15, 0.2) is 4.42 Å². The molecule has 1 saturated heterocycles. The molecule has 1 aliphatic carbocycles. The monoisotopic (exact) mass is 278 g/mol. The molecule has 1 aromatic rings. The highest BCUT2D eigenvalue weighted by Crippen LogP contribution is 2.41. The highest BCUT2D eigenvalue weighted by molar-refractivity contribution is 5.05. The van der Waals surface area contributed by atoms with Crippen LogP contribution in [0.1, 0.15) is 62.3 Å². The van der Waals surface area contributed by atoms with Crippen molar-refractivity contribution in [2.45, 2.75) is 77.0 Å². The molecule has 1 aromatic heterocycles. The molecule has 1 saturated carbocycles.